The smallest absolute Gasteiger partial charge is 0.255 e. The van der Waals surface area contributed by atoms with E-state index in [1.165, 1.54) is 30.8 Å². The number of rotatable bonds is 9. The van der Waals surface area contributed by atoms with Gasteiger partial charge in [0, 0.05) is 25.5 Å². The van der Waals surface area contributed by atoms with E-state index < -0.39 is 17.7 Å². The van der Waals surface area contributed by atoms with Crippen molar-refractivity contribution in [2.45, 2.75) is 32.0 Å². The number of amides is 1. The van der Waals surface area contributed by atoms with Gasteiger partial charge in [-0.3, -0.25) is 9.78 Å². The van der Waals surface area contributed by atoms with Crippen molar-refractivity contribution >= 4 is 28.8 Å². The molecule has 0 aliphatic heterocycles. The van der Waals surface area contributed by atoms with Crippen molar-refractivity contribution in [2.75, 3.05) is 25.0 Å². The maximum Gasteiger partial charge on any atom is 0.255 e. The van der Waals surface area contributed by atoms with Crippen molar-refractivity contribution in [1.29, 1.82) is 0 Å². The third kappa shape index (κ3) is 5.46. The van der Waals surface area contributed by atoms with E-state index >= 15 is 0 Å². The first-order valence-electron chi connectivity index (χ1n) is 9.69. The first-order chi connectivity index (χ1) is 14.7. The van der Waals surface area contributed by atoms with Gasteiger partial charge in [0.05, 0.1) is 52.1 Å². The minimum Gasteiger partial charge on any atom is -0.396 e. The van der Waals surface area contributed by atoms with Gasteiger partial charge in [-0.2, -0.15) is 5.10 Å². The molecule has 0 fully saturated rings. The molecule has 3 aromatic heterocycles. The van der Waals surface area contributed by atoms with E-state index in [2.05, 4.69) is 25.7 Å². The number of alkyl halides is 1. The van der Waals surface area contributed by atoms with E-state index in [0.717, 1.165) is 0 Å². The Kier molecular flexibility index (Phi) is 7.04. The normalized spacial score (nSPS) is 12.7. The molecule has 3 rings (SSSR count). The van der Waals surface area contributed by atoms with Crippen LogP contribution in [-0.4, -0.2) is 67.2 Å². The van der Waals surface area contributed by atoms with Gasteiger partial charge >= 0.3 is 0 Å². The molecule has 0 bridgehead atoms. The summed E-state index contributed by atoms with van der Waals surface area (Å²) in [7, 11) is 0. The van der Waals surface area contributed by atoms with Crippen molar-refractivity contribution < 1.29 is 19.4 Å². The monoisotopic (exact) mass is 450 g/mol. The van der Waals surface area contributed by atoms with E-state index in [9.17, 15) is 14.3 Å². The fourth-order valence-electron chi connectivity index (χ4n) is 2.79. The first kappa shape index (κ1) is 22.9. The SMILES string of the molecule is CC(C)(O)C(F)CNC(=O)c1cnc(-c2cnn3cc(Cl)cnc23)cc1NCCCO. The largest absolute Gasteiger partial charge is 0.396 e. The third-order valence-electron chi connectivity index (χ3n) is 4.61. The number of carbonyl (C=O) groups excluding carboxylic acids is 1. The number of carbonyl (C=O) groups is 1. The summed E-state index contributed by atoms with van der Waals surface area (Å²) in [6.07, 6.45) is 4.93. The molecule has 0 radical (unpaired) electrons. The van der Waals surface area contributed by atoms with Gasteiger partial charge in [0.2, 0.25) is 0 Å². The second-order valence-corrected chi connectivity index (χ2v) is 7.99. The van der Waals surface area contributed by atoms with E-state index in [1.807, 2.05) is 0 Å². The standard InChI is InChI=1S/C20H24ClFN6O3/c1-20(2,31)17(22)10-26-19(30)14-8-24-15(6-16(14)23-4-3-5-29)13-9-27-28-11-12(21)7-25-18(13)28/h6-9,11,17,29,31H,3-5,10H2,1-2H3,(H,23,24)(H,26,30). The van der Waals surface area contributed by atoms with Gasteiger partial charge in [-0.1, -0.05) is 11.6 Å². The minimum atomic E-state index is -1.63. The molecule has 9 nitrogen and oxygen atoms in total. The Labute approximate surface area is 183 Å². The molecule has 4 N–H and O–H groups in total. The summed E-state index contributed by atoms with van der Waals surface area (Å²) in [5.41, 5.74) is 0.796. The lowest BCUT2D eigenvalue weighted by molar-refractivity contribution is -0.00177. The summed E-state index contributed by atoms with van der Waals surface area (Å²) in [6.45, 7) is 2.72. The second kappa shape index (κ2) is 9.54. The van der Waals surface area contributed by atoms with Crippen LogP contribution in [0, 0.1) is 0 Å². The lowest BCUT2D eigenvalue weighted by atomic mass is 10.0. The zero-order valence-electron chi connectivity index (χ0n) is 17.1. The van der Waals surface area contributed by atoms with Crippen LogP contribution in [0.25, 0.3) is 16.9 Å². The molecule has 3 aromatic rings. The third-order valence-corrected chi connectivity index (χ3v) is 4.80. The average Bonchev–Trinajstić information content (AvgIpc) is 3.14. The lowest BCUT2D eigenvalue weighted by Crippen LogP contribution is -2.42. The highest BCUT2D eigenvalue weighted by Gasteiger charge is 2.27. The molecule has 166 valence electrons. The minimum absolute atomic E-state index is 0.0136. The Morgan fingerprint density at radius 2 is 2.10 bits per heavy atom. The Hall–Kier alpha value is -2.82. The fourth-order valence-corrected chi connectivity index (χ4v) is 2.93. The Bertz CT molecular complexity index is 1070. The molecule has 0 aliphatic carbocycles. The molecule has 0 saturated heterocycles. The predicted molar refractivity (Wildman–Crippen MR) is 115 cm³/mol. The molecule has 1 amide bonds. The van der Waals surface area contributed by atoms with Gasteiger partial charge in [0.25, 0.3) is 5.91 Å². The number of anilines is 1. The van der Waals surface area contributed by atoms with Crippen LogP contribution in [0.5, 0.6) is 0 Å². The molecule has 3 heterocycles. The molecule has 0 spiro atoms. The van der Waals surface area contributed by atoms with Crippen LogP contribution < -0.4 is 10.6 Å². The summed E-state index contributed by atoms with van der Waals surface area (Å²) >= 11 is 5.95. The van der Waals surface area contributed by atoms with Crippen molar-refractivity contribution in [1.82, 2.24) is 24.9 Å². The fraction of sp³-hybridized carbons (Fsp3) is 0.400. The Balaban J connectivity index is 1.90. The maximum atomic E-state index is 14.0. The van der Waals surface area contributed by atoms with Crippen LogP contribution in [0.1, 0.15) is 30.6 Å². The van der Waals surface area contributed by atoms with Crippen LogP contribution in [0.2, 0.25) is 5.02 Å². The van der Waals surface area contributed by atoms with Crippen molar-refractivity contribution in [3.05, 3.63) is 41.4 Å². The van der Waals surface area contributed by atoms with E-state index in [-0.39, 0.29) is 18.7 Å². The number of aromatic nitrogens is 4. The summed E-state index contributed by atoms with van der Waals surface area (Å²) in [6, 6.07) is 1.67. The lowest BCUT2D eigenvalue weighted by Gasteiger charge is -2.22. The second-order valence-electron chi connectivity index (χ2n) is 7.55. The zero-order chi connectivity index (χ0) is 22.6. The van der Waals surface area contributed by atoms with Crippen LogP contribution in [0.3, 0.4) is 0 Å². The van der Waals surface area contributed by atoms with Crippen molar-refractivity contribution in [2.24, 2.45) is 0 Å². The molecule has 11 heteroatoms. The topological polar surface area (TPSA) is 125 Å². The number of halogens is 2. The molecule has 0 aliphatic rings. The van der Waals surface area contributed by atoms with E-state index in [1.54, 1.807) is 18.5 Å². The highest BCUT2D eigenvalue weighted by Crippen LogP contribution is 2.26. The average molecular weight is 451 g/mol. The van der Waals surface area contributed by atoms with Gasteiger partial charge < -0.3 is 20.8 Å². The van der Waals surface area contributed by atoms with Gasteiger partial charge in [0.1, 0.15) is 6.17 Å². The van der Waals surface area contributed by atoms with Gasteiger partial charge in [0.15, 0.2) is 5.65 Å². The first-order valence-corrected chi connectivity index (χ1v) is 10.1. The van der Waals surface area contributed by atoms with Crippen LogP contribution in [0.4, 0.5) is 10.1 Å². The number of hydrogen-bond donors (Lipinski definition) is 4. The molecule has 0 saturated carbocycles. The maximum absolute atomic E-state index is 14.0. The number of hydrogen-bond acceptors (Lipinski definition) is 7. The highest BCUT2D eigenvalue weighted by molar-refractivity contribution is 6.30. The van der Waals surface area contributed by atoms with Crippen LogP contribution >= 0.6 is 11.6 Å². The number of aliphatic hydroxyl groups excluding tert-OH is 1. The molecule has 1 atom stereocenters. The number of nitrogens with one attached hydrogen (secondary N) is 2. The predicted octanol–water partition coefficient (Wildman–Crippen LogP) is 2.08. The van der Waals surface area contributed by atoms with Gasteiger partial charge in [-0.25, -0.2) is 13.9 Å². The molecule has 1 unspecified atom stereocenters. The molecule has 31 heavy (non-hydrogen) atoms. The summed E-state index contributed by atoms with van der Waals surface area (Å²) < 4.78 is 15.5. The highest BCUT2D eigenvalue weighted by atomic mass is 35.5. The number of pyridine rings is 1. The molecular formula is C20H24ClFN6O3. The van der Waals surface area contributed by atoms with Gasteiger partial charge in [-0.15, -0.1) is 0 Å². The number of nitrogens with zero attached hydrogens (tertiary/aromatic N) is 4. The Morgan fingerprint density at radius 3 is 2.81 bits per heavy atom. The summed E-state index contributed by atoms with van der Waals surface area (Å²) in [5.74, 6) is -0.540. The number of aliphatic hydroxyl groups is 2. The molecular weight excluding hydrogens is 427 g/mol. The summed E-state index contributed by atoms with van der Waals surface area (Å²) in [4.78, 5) is 21.3. The van der Waals surface area contributed by atoms with Crippen LogP contribution in [-0.2, 0) is 0 Å². The van der Waals surface area contributed by atoms with Gasteiger partial charge in [-0.05, 0) is 26.3 Å². The van der Waals surface area contributed by atoms with Crippen molar-refractivity contribution in [3.8, 4) is 11.3 Å². The Morgan fingerprint density at radius 1 is 1.32 bits per heavy atom. The van der Waals surface area contributed by atoms with E-state index in [0.29, 0.717) is 40.6 Å². The molecule has 0 aromatic carbocycles. The quantitative estimate of drug-likeness (QED) is 0.368. The van der Waals surface area contributed by atoms with Crippen molar-refractivity contribution in [3.63, 3.8) is 0 Å². The summed E-state index contributed by atoms with van der Waals surface area (Å²) in [5, 5.41) is 29.0. The number of fused-ring (bicyclic) bond motifs is 1. The van der Waals surface area contributed by atoms with Crippen LogP contribution in [0.15, 0.2) is 30.9 Å². The van der Waals surface area contributed by atoms with E-state index in [4.69, 9.17) is 16.7 Å². The zero-order valence-corrected chi connectivity index (χ0v) is 17.9.